The number of amides is 2. The number of rotatable bonds is 11. The fourth-order valence-corrected chi connectivity index (χ4v) is 6.09. The van der Waals surface area contributed by atoms with Crippen LogP contribution in [0.5, 0.6) is 0 Å². The Morgan fingerprint density at radius 2 is 1.64 bits per heavy atom. The van der Waals surface area contributed by atoms with Gasteiger partial charge < -0.3 is 10.2 Å². The summed E-state index contributed by atoms with van der Waals surface area (Å²) in [5.41, 5.74) is 3.83. The SMILES string of the molecule is CCCNC(=O)[C@H](C)N(Cc1cccc(Br)c1)C(=O)CN(c1cccc(C)c1C)S(=O)(=O)c1ccc(C)cc1. The van der Waals surface area contributed by atoms with Crippen molar-refractivity contribution < 1.29 is 18.0 Å². The lowest BCUT2D eigenvalue weighted by molar-refractivity contribution is -0.139. The summed E-state index contributed by atoms with van der Waals surface area (Å²) in [6.45, 7) is 9.41. The molecule has 1 N–H and O–H groups in total. The molecule has 0 aliphatic heterocycles. The lowest BCUT2D eigenvalue weighted by atomic mass is 10.1. The second-order valence-electron chi connectivity index (χ2n) is 9.66. The van der Waals surface area contributed by atoms with Gasteiger partial charge in [-0.2, -0.15) is 0 Å². The molecule has 0 aliphatic carbocycles. The fraction of sp³-hybridized carbons (Fsp3) is 0.333. The van der Waals surface area contributed by atoms with Crippen LogP contribution in [0.1, 0.15) is 42.5 Å². The number of nitrogens with one attached hydrogen (secondary N) is 1. The van der Waals surface area contributed by atoms with Gasteiger partial charge in [0.25, 0.3) is 10.0 Å². The second kappa shape index (κ2) is 13.3. The van der Waals surface area contributed by atoms with Crippen LogP contribution < -0.4 is 9.62 Å². The van der Waals surface area contributed by atoms with Gasteiger partial charge in [-0.05, 0) is 81.1 Å². The van der Waals surface area contributed by atoms with E-state index >= 15 is 0 Å². The number of carbonyl (C=O) groups excluding carboxylic acids is 2. The summed E-state index contributed by atoms with van der Waals surface area (Å²) in [5, 5.41) is 2.85. The van der Waals surface area contributed by atoms with E-state index in [0.29, 0.717) is 12.2 Å². The van der Waals surface area contributed by atoms with E-state index in [1.165, 1.54) is 4.90 Å². The third-order valence-corrected chi connectivity index (χ3v) is 8.96. The number of hydrogen-bond donors (Lipinski definition) is 1. The van der Waals surface area contributed by atoms with Crippen LogP contribution in [0.15, 0.2) is 76.1 Å². The van der Waals surface area contributed by atoms with Gasteiger partial charge in [0.15, 0.2) is 0 Å². The van der Waals surface area contributed by atoms with Crippen LogP contribution in [0.25, 0.3) is 0 Å². The van der Waals surface area contributed by atoms with Crippen LogP contribution in [-0.4, -0.2) is 44.3 Å². The van der Waals surface area contributed by atoms with Crippen LogP contribution in [0.2, 0.25) is 0 Å². The van der Waals surface area contributed by atoms with E-state index in [1.807, 2.05) is 58.0 Å². The Morgan fingerprint density at radius 3 is 2.28 bits per heavy atom. The van der Waals surface area contributed by atoms with Crippen LogP contribution in [0.4, 0.5) is 5.69 Å². The molecule has 0 heterocycles. The first-order valence-electron chi connectivity index (χ1n) is 12.9. The van der Waals surface area contributed by atoms with Crippen molar-refractivity contribution in [3.05, 3.63) is 93.5 Å². The number of nitrogens with zero attached hydrogens (tertiary/aromatic N) is 2. The molecule has 9 heteroatoms. The van der Waals surface area contributed by atoms with E-state index in [4.69, 9.17) is 0 Å². The molecule has 0 aromatic heterocycles. The molecule has 208 valence electrons. The van der Waals surface area contributed by atoms with Gasteiger partial charge in [-0.1, -0.05) is 64.8 Å². The maximum absolute atomic E-state index is 14.0. The molecule has 3 aromatic rings. The third kappa shape index (κ3) is 7.48. The molecule has 1 atom stereocenters. The van der Waals surface area contributed by atoms with Gasteiger partial charge in [0, 0.05) is 17.6 Å². The Hall–Kier alpha value is -3.17. The first-order chi connectivity index (χ1) is 18.4. The van der Waals surface area contributed by atoms with Crippen molar-refractivity contribution >= 4 is 43.5 Å². The number of carbonyl (C=O) groups is 2. The average molecular weight is 615 g/mol. The number of aryl methyl sites for hydroxylation is 2. The molecule has 0 saturated heterocycles. The number of hydrogen-bond acceptors (Lipinski definition) is 4. The molecule has 3 aromatic carbocycles. The minimum absolute atomic E-state index is 0.0917. The lowest BCUT2D eigenvalue weighted by Gasteiger charge is -2.32. The van der Waals surface area contributed by atoms with Crippen molar-refractivity contribution in [2.24, 2.45) is 0 Å². The normalized spacial score (nSPS) is 12.1. The summed E-state index contributed by atoms with van der Waals surface area (Å²) in [4.78, 5) is 28.5. The van der Waals surface area contributed by atoms with Crippen LogP contribution in [0.3, 0.4) is 0 Å². The summed E-state index contributed by atoms with van der Waals surface area (Å²) in [5.74, 6) is -0.773. The molecule has 0 radical (unpaired) electrons. The summed E-state index contributed by atoms with van der Waals surface area (Å²) >= 11 is 3.46. The Kier molecular flexibility index (Phi) is 10.3. The quantitative estimate of drug-likeness (QED) is 0.309. The standard InChI is InChI=1S/C30H36BrN3O4S/c1-6-17-32-30(36)24(5)33(19-25-10-8-11-26(31)18-25)29(35)20-34(28-12-7-9-22(3)23(28)4)39(37,38)27-15-13-21(2)14-16-27/h7-16,18,24H,6,17,19-20H2,1-5H3,(H,32,36)/t24-/m0/s1. The predicted molar refractivity (Wildman–Crippen MR) is 159 cm³/mol. The molecule has 39 heavy (non-hydrogen) atoms. The van der Waals surface area contributed by atoms with Gasteiger partial charge in [0.2, 0.25) is 11.8 Å². The first kappa shape index (κ1) is 30.4. The Morgan fingerprint density at radius 1 is 0.974 bits per heavy atom. The van der Waals surface area contributed by atoms with Crippen molar-refractivity contribution in [1.29, 1.82) is 0 Å². The number of benzene rings is 3. The molecule has 0 fully saturated rings. The molecule has 0 saturated carbocycles. The first-order valence-corrected chi connectivity index (χ1v) is 15.2. The summed E-state index contributed by atoms with van der Waals surface area (Å²) in [7, 11) is -4.10. The Labute approximate surface area is 240 Å². The van der Waals surface area contributed by atoms with Gasteiger partial charge in [0.05, 0.1) is 10.6 Å². The summed E-state index contributed by atoms with van der Waals surface area (Å²) < 4.78 is 30.0. The highest BCUT2D eigenvalue weighted by molar-refractivity contribution is 9.10. The third-order valence-electron chi connectivity index (χ3n) is 6.69. The minimum atomic E-state index is -4.10. The van der Waals surface area contributed by atoms with Crippen molar-refractivity contribution in [3.8, 4) is 0 Å². The molecule has 7 nitrogen and oxygen atoms in total. The zero-order valence-electron chi connectivity index (χ0n) is 23.1. The topological polar surface area (TPSA) is 86.8 Å². The van der Waals surface area contributed by atoms with Crippen molar-refractivity contribution in [3.63, 3.8) is 0 Å². The van der Waals surface area contributed by atoms with Crippen LogP contribution in [-0.2, 0) is 26.2 Å². The van der Waals surface area contributed by atoms with Gasteiger partial charge in [-0.15, -0.1) is 0 Å². The molecule has 0 spiro atoms. The maximum atomic E-state index is 14.0. The lowest BCUT2D eigenvalue weighted by Crippen LogP contribution is -2.51. The van der Waals surface area contributed by atoms with E-state index in [2.05, 4.69) is 21.2 Å². The van der Waals surface area contributed by atoms with E-state index in [-0.39, 0.29) is 17.3 Å². The van der Waals surface area contributed by atoms with E-state index < -0.39 is 28.5 Å². The fourth-order valence-electron chi connectivity index (χ4n) is 4.17. The van der Waals surface area contributed by atoms with Crippen LogP contribution >= 0.6 is 15.9 Å². The maximum Gasteiger partial charge on any atom is 0.264 e. The van der Waals surface area contributed by atoms with Crippen molar-refractivity contribution in [2.45, 2.75) is 58.5 Å². The highest BCUT2D eigenvalue weighted by atomic mass is 79.9. The number of halogens is 1. The van der Waals surface area contributed by atoms with Gasteiger partial charge >= 0.3 is 0 Å². The Balaban J connectivity index is 2.06. The summed E-state index contributed by atoms with van der Waals surface area (Å²) in [6.07, 6.45) is 0.757. The van der Waals surface area contributed by atoms with Gasteiger partial charge in [-0.3, -0.25) is 13.9 Å². The van der Waals surface area contributed by atoms with Crippen LogP contribution in [0, 0.1) is 20.8 Å². The van der Waals surface area contributed by atoms with E-state index in [9.17, 15) is 18.0 Å². The molecular weight excluding hydrogens is 578 g/mol. The molecule has 0 aliphatic rings. The average Bonchev–Trinajstić information content (AvgIpc) is 2.90. The van der Waals surface area contributed by atoms with Crippen molar-refractivity contribution in [1.82, 2.24) is 10.2 Å². The molecule has 2 amide bonds. The molecule has 0 bridgehead atoms. The highest BCUT2D eigenvalue weighted by Crippen LogP contribution is 2.29. The molecular formula is C30H36BrN3O4S. The zero-order valence-corrected chi connectivity index (χ0v) is 25.5. The van der Waals surface area contributed by atoms with E-state index in [1.54, 1.807) is 43.3 Å². The summed E-state index contributed by atoms with van der Waals surface area (Å²) in [6, 6.07) is 18.6. The largest absolute Gasteiger partial charge is 0.354 e. The number of sulfonamides is 1. The van der Waals surface area contributed by atoms with Gasteiger partial charge in [0.1, 0.15) is 12.6 Å². The Bertz CT molecular complexity index is 1420. The number of anilines is 1. The smallest absolute Gasteiger partial charge is 0.264 e. The van der Waals surface area contributed by atoms with E-state index in [0.717, 1.165) is 37.5 Å². The highest BCUT2D eigenvalue weighted by Gasteiger charge is 2.33. The zero-order chi connectivity index (χ0) is 28.7. The second-order valence-corrected chi connectivity index (χ2v) is 12.4. The molecule has 3 rings (SSSR count). The van der Waals surface area contributed by atoms with Crippen molar-refractivity contribution in [2.75, 3.05) is 17.4 Å². The predicted octanol–water partition coefficient (Wildman–Crippen LogP) is 5.51. The molecule has 0 unspecified atom stereocenters. The minimum Gasteiger partial charge on any atom is -0.354 e. The monoisotopic (exact) mass is 613 g/mol. The van der Waals surface area contributed by atoms with Gasteiger partial charge in [-0.25, -0.2) is 8.42 Å².